The monoisotopic (exact) mass is 437 g/mol. The highest BCUT2D eigenvalue weighted by Gasteiger charge is 2.45. The summed E-state index contributed by atoms with van der Waals surface area (Å²) in [6, 6.07) is 0. The van der Waals surface area contributed by atoms with Crippen LogP contribution >= 0.6 is 11.3 Å². The van der Waals surface area contributed by atoms with Crippen LogP contribution in [0.3, 0.4) is 0 Å². The molecule has 1 aromatic rings. The van der Waals surface area contributed by atoms with Gasteiger partial charge in [0.25, 0.3) is 11.1 Å². The Labute approximate surface area is 185 Å². The maximum Gasteiger partial charge on any atom is 0.273 e. The van der Waals surface area contributed by atoms with E-state index in [4.69, 9.17) is 4.74 Å². The van der Waals surface area contributed by atoms with Gasteiger partial charge in [-0.2, -0.15) is 0 Å². The second-order valence-electron chi connectivity index (χ2n) is 10.8. The van der Waals surface area contributed by atoms with Crippen molar-refractivity contribution in [3.8, 4) is 5.19 Å². The van der Waals surface area contributed by atoms with E-state index in [0.29, 0.717) is 34.0 Å². The van der Waals surface area contributed by atoms with Crippen LogP contribution in [0.4, 0.5) is 0 Å². The quantitative estimate of drug-likeness (QED) is 0.479. The Bertz CT molecular complexity index is 688. The van der Waals surface area contributed by atoms with Gasteiger partial charge in [0.1, 0.15) is 17.6 Å². The van der Waals surface area contributed by atoms with E-state index in [1.165, 1.54) is 56.3 Å². The largest absolute Gasteiger partial charge is 0.467 e. The molecule has 170 valence electrons. The summed E-state index contributed by atoms with van der Waals surface area (Å²) in [5.74, 6) is -0.0883. The number of rotatable bonds is 10. The zero-order chi connectivity index (χ0) is 21.8. The highest BCUT2D eigenvalue weighted by Crippen LogP contribution is 2.58. The predicted octanol–water partition coefficient (Wildman–Crippen LogP) is 4.14. The van der Waals surface area contributed by atoms with E-state index in [1.54, 1.807) is 6.20 Å². The summed E-state index contributed by atoms with van der Waals surface area (Å²) in [7, 11) is 0. The summed E-state index contributed by atoms with van der Waals surface area (Å²) in [5, 5.41) is 16.7. The maximum absolute atomic E-state index is 12.4. The highest BCUT2D eigenvalue weighted by molar-refractivity contribution is 7.15. The van der Waals surface area contributed by atoms with Gasteiger partial charge in [0.2, 0.25) is 0 Å². The van der Waals surface area contributed by atoms with Crippen molar-refractivity contribution >= 4 is 17.2 Å². The number of hydrogen-bond acceptors (Lipinski definition) is 6. The first-order valence-electron chi connectivity index (χ1n) is 11.4. The van der Waals surface area contributed by atoms with Gasteiger partial charge in [-0.1, -0.05) is 18.3 Å². The Kier molecular flexibility index (Phi) is 7.46. The zero-order valence-corrected chi connectivity index (χ0v) is 19.9. The van der Waals surface area contributed by atoms with Crippen LogP contribution in [0, 0.1) is 10.8 Å². The number of aromatic nitrogens is 1. The number of ether oxygens (including phenoxy) is 1. The molecule has 0 spiro atoms. The smallest absolute Gasteiger partial charge is 0.273 e. The Hall–Kier alpha value is -1.18. The summed E-state index contributed by atoms with van der Waals surface area (Å²) in [6.45, 7) is 9.90. The van der Waals surface area contributed by atoms with Crippen LogP contribution in [-0.4, -0.2) is 47.3 Å². The van der Waals surface area contributed by atoms with Gasteiger partial charge < -0.3 is 20.5 Å². The third-order valence-corrected chi connectivity index (χ3v) is 7.83. The third-order valence-electron chi connectivity index (χ3n) is 6.92. The van der Waals surface area contributed by atoms with Crippen molar-refractivity contribution in [1.29, 1.82) is 0 Å². The second-order valence-corrected chi connectivity index (χ2v) is 11.7. The van der Waals surface area contributed by atoms with Gasteiger partial charge in [-0.3, -0.25) is 4.79 Å². The first kappa shape index (κ1) is 23.5. The van der Waals surface area contributed by atoms with Crippen LogP contribution < -0.4 is 15.4 Å². The van der Waals surface area contributed by atoms with E-state index in [1.807, 2.05) is 20.8 Å². The molecule has 1 aromatic heterocycles. The molecular weight excluding hydrogens is 398 g/mol. The number of β-amino-alcohol motifs (C(OH)–C–C–N with tert-alkyl or cyclic N) is 1. The number of amides is 1. The molecule has 30 heavy (non-hydrogen) atoms. The molecule has 6 nitrogen and oxygen atoms in total. The zero-order valence-electron chi connectivity index (χ0n) is 19.1. The summed E-state index contributed by atoms with van der Waals surface area (Å²) in [5.41, 5.74) is 1.10. The molecule has 1 unspecified atom stereocenters. The SMILES string of the molecule is CC12CCC(CCCNC(=O)c3cnc(OCC(O)CNC(C)(C)C)s3)(CC1)CC2. The van der Waals surface area contributed by atoms with E-state index in [9.17, 15) is 9.90 Å². The molecule has 3 saturated carbocycles. The molecule has 4 rings (SSSR count). The molecule has 1 heterocycles. The first-order valence-corrected chi connectivity index (χ1v) is 12.2. The number of thiazole rings is 1. The minimum Gasteiger partial charge on any atom is -0.467 e. The summed E-state index contributed by atoms with van der Waals surface area (Å²) in [4.78, 5) is 17.1. The van der Waals surface area contributed by atoms with Gasteiger partial charge >= 0.3 is 0 Å². The third kappa shape index (κ3) is 6.66. The minimum absolute atomic E-state index is 0.0540. The molecule has 2 bridgehead atoms. The summed E-state index contributed by atoms with van der Waals surface area (Å²) in [6.07, 6.45) is 11.4. The molecule has 3 aliphatic carbocycles. The van der Waals surface area contributed by atoms with E-state index in [2.05, 4.69) is 22.5 Å². The number of nitrogens with one attached hydrogen (secondary N) is 2. The Morgan fingerprint density at radius 2 is 1.93 bits per heavy atom. The lowest BCUT2D eigenvalue weighted by Gasteiger charge is -2.52. The average Bonchev–Trinajstić information content (AvgIpc) is 3.18. The molecule has 1 amide bonds. The van der Waals surface area contributed by atoms with E-state index in [-0.39, 0.29) is 18.1 Å². The Morgan fingerprint density at radius 3 is 2.57 bits per heavy atom. The van der Waals surface area contributed by atoms with Crippen LogP contribution in [0.25, 0.3) is 0 Å². The van der Waals surface area contributed by atoms with Crippen LogP contribution in [0.2, 0.25) is 0 Å². The molecule has 3 fully saturated rings. The minimum atomic E-state index is -0.623. The number of fused-ring (bicyclic) bond motifs is 3. The van der Waals surface area contributed by atoms with Gasteiger partial charge in [0.15, 0.2) is 0 Å². The van der Waals surface area contributed by atoms with E-state index in [0.717, 1.165) is 6.42 Å². The molecular formula is C23H39N3O3S. The molecule has 0 aliphatic heterocycles. The normalized spacial score (nSPS) is 27.1. The molecule has 0 radical (unpaired) electrons. The number of carbonyl (C=O) groups excluding carboxylic acids is 1. The van der Waals surface area contributed by atoms with Gasteiger partial charge in [-0.25, -0.2) is 4.98 Å². The molecule has 3 aliphatic rings. The Balaban J connectivity index is 1.34. The lowest BCUT2D eigenvalue weighted by Crippen LogP contribution is -2.42. The number of carbonyl (C=O) groups is 1. The van der Waals surface area contributed by atoms with Crippen LogP contribution in [0.15, 0.2) is 6.20 Å². The Morgan fingerprint density at radius 1 is 1.27 bits per heavy atom. The lowest BCUT2D eigenvalue weighted by molar-refractivity contribution is -0.00360. The van der Waals surface area contributed by atoms with Crippen molar-refractivity contribution in [2.45, 2.75) is 90.7 Å². The lowest BCUT2D eigenvalue weighted by atomic mass is 9.53. The summed E-state index contributed by atoms with van der Waals surface area (Å²) >= 11 is 1.23. The fraction of sp³-hybridized carbons (Fsp3) is 0.826. The standard InChI is InChI=1S/C23H39N3O3S/c1-21(2,3)26-14-17(27)16-29-20-25-15-18(30-20)19(28)24-13-5-6-23-10-7-22(4,8-11-23)9-12-23/h15,17,26-27H,5-14,16H2,1-4H3,(H,24,28). The molecule has 7 heteroatoms. The van der Waals surface area contributed by atoms with Gasteiger partial charge in [0, 0.05) is 18.6 Å². The van der Waals surface area contributed by atoms with E-state index < -0.39 is 6.10 Å². The fourth-order valence-electron chi connectivity index (χ4n) is 4.66. The van der Waals surface area contributed by atoms with Crippen LogP contribution in [0.1, 0.15) is 88.7 Å². The van der Waals surface area contributed by atoms with Crippen LogP contribution in [-0.2, 0) is 0 Å². The number of aliphatic hydroxyl groups excluding tert-OH is 1. The summed E-state index contributed by atoms with van der Waals surface area (Å²) < 4.78 is 5.55. The number of hydrogen-bond donors (Lipinski definition) is 3. The molecule has 3 N–H and O–H groups in total. The predicted molar refractivity (Wildman–Crippen MR) is 121 cm³/mol. The van der Waals surface area contributed by atoms with Crippen LogP contribution in [0.5, 0.6) is 5.19 Å². The topological polar surface area (TPSA) is 83.5 Å². The van der Waals surface area contributed by atoms with Crippen molar-refractivity contribution in [3.63, 3.8) is 0 Å². The molecule has 0 saturated heterocycles. The van der Waals surface area contributed by atoms with Crippen molar-refractivity contribution in [2.75, 3.05) is 19.7 Å². The van der Waals surface area contributed by atoms with Gasteiger partial charge in [-0.05, 0) is 83.0 Å². The van der Waals surface area contributed by atoms with Crippen molar-refractivity contribution in [3.05, 3.63) is 11.1 Å². The number of aliphatic hydroxyl groups is 1. The van der Waals surface area contributed by atoms with Crippen molar-refractivity contribution < 1.29 is 14.6 Å². The first-order chi connectivity index (χ1) is 14.1. The highest BCUT2D eigenvalue weighted by atomic mass is 32.1. The maximum atomic E-state index is 12.4. The molecule has 1 atom stereocenters. The van der Waals surface area contributed by atoms with Gasteiger partial charge in [0.05, 0.1) is 6.20 Å². The van der Waals surface area contributed by atoms with Gasteiger partial charge in [-0.15, -0.1) is 0 Å². The average molecular weight is 438 g/mol. The number of nitrogens with zero attached hydrogens (tertiary/aromatic N) is 1. The fourth-order valence-corrected chi connectivity index (χ4v) is 5.35. The van der Waals surface area contributed by atoms with E-state index >= 15 is 0 Å². The second kappa shape index (κ2) is 9.53. The molecule has 0 aromatic carbocycles. The van der Waals surface area contributed by atoms with Crippen molar-refractivity contribution in [2.24, 2.45) is 10.8 Å². The van der Waals surface area contributed by atoms with Crippen molar-refractivity contribution in [1.82, 2.24) is 15.6 Å².